The third-order valence-electron chi connectivity index (χ3n) is 3.88. The zero-order valence-corrected chi connectivity index (χ0v) is 15.7. The van der Waals surface area contributed by atoms with E-state index in [1.165, 1.54) is 11.8 Å². The van der Waals surface area contributed by atoms with Crippen LogP contribution in [0.25, 0.3) is 0 Å². The first-order valence-electron chi connectivity index (χ1n) is 8.36. The van der Waals surface area contributed by atoms with Crippen LogP contribution in [0, 0.1) is 0 Å². The van der Waals surface area contributed by atoms with E-state index in [1.807, 2.05) is 79.7 Å². The highest BCUT2D eigenvalue weighted by Gasteiger charge is 2.13. The summed E-state index contributed by atoms with van der Waals surface area (Å²) in [5.41, 5.74) is 2.78. The number of pyridine rings is 1. The second-order valence-electron chi connectivity index (χ2n) is 6.01. The van der Waals surface area contributed by atoms with Gasteiger partial charge in [0, 0.05) is 37.4 Å². The number of hydrogen-bond donors (Lipinski definition) is 1. The first-order chi connectivity index (χ1) is 12.6. The van der Waals surface area contributed by atoms with Crippen LogP contribution in [0.15, 0.2) is 82.8 Å². The van der Waals surface area contributed by atoms with Gasteiger partial charge < -0.3 is 10.2 Å². The van der Waals surface area contributed by atoms with Gasteiger partial charge in [0.15, 0.2) is 0 Å². The molecule has 26 heavy (non-hydrogen) atoms. The molecule has 2 aromatic carbocycles. The van der Waals surface area contributed by atoms with Crippen molar-refractivity contribution in [3.05, 3.63) is 84.1 Å². The molecule has 0 unspecified atom stereocenters. The smallest absolute Gasteiger partial charge is 0.254 e. The number of carbonyl (C=O) groups is 1. The number of benzene rings is 2. The predicted molar refractivity (Wildman–Crippen MR) is 107 cm³/mol. The zero-order valence-electron chi connectivity index (χ0n) is 14.8. The maximum Gasteiger partial charge on any atom is 0.254 e. The zero-order chi connectivity index (χ0) is 18.4. The predicted octanol–water partition coefficient (Wildman–Crippen LogP) is 4.23. The number of anilines is 1. The van der Waals surface area contributed by atoms with Gasteiger partial charge in [0.05, 0.1) is 5.56 Å². The molecule has 0 saturated carbocycles. The van der Waals surface area contributed by atoms with Crippen molar-refractivity contribution in [2.24, 2.45) is 0 Å². The number of carbonyl (C=O) groups excluding carboxylic acids is 1. The van der Waals surface area contributed by atoms with Gasteiger partial charge in [0.2, 0.25) is 0 Å². The van der Waals surface area contributed by atoms with Gasteiger partial charge in [-0.2, -0.15) is 0 Å². The molecule has 3 aromatic rings. The molecule has 1 N–H and O–H groups in total. The monoisotopic (exact) mass is 363 g/mol. The molecule has 5 heteroatoms. The average Bonchev–Trinajstić information content (AvgIpc) is 2.67. The van der Waals surface area contributed by atoms with Crippen LogP contribution >= 0.6 is 11.8 Å². The van der Waals surface area contributed by atoms with Crippen LogP contribution in [0.2, 0.25) is 0 Å². The highest BCUT2D eigenvalue weighted by molar-refractivity contribution is 7.99. The molecule has 0 fully saturated rings. The number of hydrogen-bond acceptors (Lipinski definition) is 4. The Morgan fingerprint density at radius 1 is 1.00 bits per heavy atom. The normalized spacial score (nSPS) is 10.4. The first-order valence-corrected chi connectivity index (χ1v) is 9.17. The Bertz CT molecular complexity index is 864. The van der Waals surface area contributed by atoms with Crippen molar-refractivity contribution in [2.45, 2.75) is 16.5 Å². The van der Waals surface area contributed by atoms with E-state index < -0.39 is 0 Å². The van der Waals surface area contributed by atoms with E-state index in [9.17, 15) is 4.79 Å². The summed E-state index contributed by atoms with van der Waals surface area (Å²) >= 11 is 1.49. The number of nitrogens with one attached hydrogen (secondary N) is 1. The quantitative estimate of drug-likeness (QED) is 0.712. The molecule has 0 saturated heterocycles. The Kier molecular flexibility index (Phi) is 5.92. The van der Waals surface area contributed by atoms with Gasteiger partial charge in [-0.3, -0.25) is 4.79 Å². The number of aromatic nitrogens is 1. The van der Waals surface area contributed by atoms with Gasteiger partial charge in [0.25, 0.3) is 5.91 Å². The van der Waals surface area contributed by atoms with Crippen LogP contribution in [-0.2, 0) is 6.54 Å². The van der Waals surface area contributed by atoms with Gasteiger partial charge in [0.1, 0.15) is 5.03 Å². The number of nitrogens with zero attached hydrogens (tertiary/aromatic N) is 2. The molecule has 1 amide bonds. The molecule has 0 radical (unpaired) electrons. The fourth-order valence-electron chi connectivity index (χ4n) is 2.43. The van der Waals surface area contributed by atoms with Gasteiger partial charge in [-0.05, 0) is 42.0 Å². The van der Waals surface area contributed by atoms with Gasteiger partial charge in [-0.15, -0.1) is 0 Å². The largest absolute Gasteiger partial charge is 0.378 e. The van der Waals surface area contributed by atoms with Crippen LogP contribution in [0.1, 0.15) is 15.9 Å². The lowest BCUT2D eigenvalue weighted by Gasteiger charge is -2.13. The van der Waals surface area contributed by atoms with E-state index in [0.717, 1.165) is 16.1 Å². The SMILES string of the molecule is CN(C)c1ccc(CNC(=O)c2cccnc2Sc2ccccc2)cc1. The molecule has 0 aliphatic carbocycles. The molecule has 1 aromatic heterocycles. The summed E-state index contributed by atoms with van der Waals surface area (Å²) in [6.07, 6.45) is 1.71. The van der Waals surface area contributed by atoms with E-state index in [2.05, 4.69) is 10.3 Å². The summed E-state index contributed by atoms with van der Waals surface area (Å²) in [4.78, 5) is 20.1. The lowest BCUT2D eigenvalue weighted by atomic mass is 10.2. The Morgan fingerprint density at radius 3 is 2.42 bits per heavy atom. The lowest BCUT2D eigenvalue weighted by Crippen LogP contribution is -2.23. The molecule has 0 aliphatic rings. The van der Waals surface area contributed by atoms with E-state index in [4.69, 9.17) is 0 Å². The maximum absolute atomic E-state index is 12.6. The molecule has 4 nitrogen and oxygen atoms in total. The van der Waals surface area contributed by atoms with Crippen molar-refractivity contribution >= 4 is 23.4 Å². The van der Waals surface area contributed by atoms with Crippen molar-refractivity contribution < 1.29 is 4.79 Å². The number of rotatable bonds is 6. The molecule has 0 aliphatic heterocycles. The fraction of sp³-hybridized carbons (Fsp3) is 0.143. The first kappa shape index (κ1) is 18.0. The van der Waals surface area contributed by atoms with E-state index in [-0.39, 0.29) is 5.91 Å². The molecule has 132 valence electrons. The van der Waals surface area contributed by atoms with Crippen molar-refractivity contribution in [1.82, 2.24) is 10.3 Å². The second-order valence-corrected chi connectivity index (χ2v) is 7.08. The molecule has 0 bridgehead atoms. The Labute approximate surface area is 158 Å². The van der Waals surface area contributed by atoms with Crippen molar-refractivity contribution in [2.75, 3.05) is 19.0 Å². The summed E-state index contributed by atoms with van der Waals surface area (Å²) in [7, 11) is 4.01. The third kappa shape index (κ3) is 4.64. The lowest BCUT2D eigenvalue weighted by molar-refractivity contribution is 0.0947. The van der Waals surface area contributed by atoms with E-state index >= 15 is 0 Å². The number of amides is 1. The Balaban J connectivity index is 1.68. The summed E-state index contributed by atoms with van der Waals surface area (Å²) in [6, 6.07) is 21.7. The topological polar surface area (TPSA) is 45.2 Å². The molecule has 3 rings (SSSR count). The van der Waals surface area contributed by atoms with Crippen LogP contribution in [0.3, 0.4) is 0 Å². The standard InChI is InChI=1S/C21H21N3OS/c1-24(2)17-12-10-16(11-13-17)15-23-20(25)19-9-6-14-22-21(19)26-18-7-4-3-5-8-18/h3-14H,15H2,1-2H3,(H,23,25). The van der Waals surface area contributed by atoms with E-state index in [0.29, 0.717) is 17.1 Å². The summed E-state index contributed by atoms with van der Waals surface area (Å²) in [5, 5.41) is 3.69. The summed E-state index contributed by atoms with van der Waals surface area (Å²) in [6.45, 7) is 0.483. The van der Waals surface area contributed by atoms with Crippen molar-refractivity contribution in [3.63, 3.8) is 0 Å². The van der Waals surface area contributed by atoms with Crippen LogP contribution in [0.4, 0.5) is 5.69 Å². The molecule has 1 heterocycles. The van der Waals surface area contributed by atoms with Gasteiger partial charge in [-0.25, -0.2) is 4.98 Å². The van der Waals surface area contributed by atoms with Crippen molar-refractivity contribution in [1.29, 1.82) is 0 Å². The third-order valence-corrected chi connectivity index (χ3v) is 4.91. The molecular weight excluding hydrogens is 342 g/mol. The molecular formula is C21H21N3OS. The van der Waals surface area contributed by atoms with Crippen LogP contribution in [-0.4, -0.2) is 25.0 Å². The average molecular weight is 363 g/mol. The minimum Gasteiger partial charge on any atom is -0.378 e. The highest BCUT2D eigenvalue weighted by Crippen LogP contribution is 2.28. The molecule has 0 spiro atoms. The highest BCUT2D eigenvalue weighted by atomic mass is 32.2. The summed E-state index contributed by atoms with van der Waals surface area (Å²) < 4.78 is 0. The Morgan fingerprint density at radius 2 is 1.73 bits per heavy atom. The van der Waals surface area contributed by atoms with Gasteiger partial charge >= 0.3 is 0 Å². The van der Waals surface area contributed by atoms with Crippen molar-refractivity contribution in [3.8, 4) is 0 Å². The van der Waals surface area contributed by atoms with E-state index in [1.54, 1.807) is 12.3 Å². The van der Waals surface area contributed by atoms with Crippen LogP contribution < -0.4 is 10.2 Å². The maximum atomic E-state index is 12.6. The Hall–Kier alpha value is -2.79. The van der Waals surface area contributed by atoms with Crippen LogP contribution in [0.5, 0.6) is 0 Å². The van der Waals surface area contributed by atoms with Gasteiger partial charge in [-0.1, -0.05) is 42.1 Å². The minimum atomic E-state index is -0.117. The summed E-state index contributed by atoms with van der Waals surface area (Å²) in [5.74, 6) is -0.117. The fourth-order valence-corrected chi connectivity index (χ4v) is 3.34. The minimum absolute atomic E-state index is 0.117. The molecule has 0 atom stereocenters. The second kappa shape index (κ2) is 8.54.